The Morgan fingerprint density at radius 1 is 0.915 bits per heavy atom. The molecule has 2 heterocycles. The lowest BCUT2D eigenvalue weighted by molar-refractivity contribution is -0.150. The van der Waals surface area contributed by atoms with Crippen LogP contribution >= 0.6 is 7.44 Å². The Morgan fingerprint density at radius 2 is 1.43 bits per heavy atom. The molecule has 0 saturated heterocycles. The smallest absolute Gasteiger partial charge is 0.326 e. The second kappa shape index (κ2) is 16.7. The van der Waals surface area contributed by atoms with Crippen LogP contribution in [0.3, 0.4) is 0 Å². The molecule has 0 unspecified atom stereocenters. The summed E-state index contributed by atoms with van der Waals surface area (Å²) in [5.74, 6) is 0.119. The minimum absolute atomic E-state index is 0.298. The van der Waals surface area contributed by atoms with E-state index in [9.17, 15) is 14.2 Å². The quantitative estimate of drug-likeness (QED) is 0.127. The molecule has 0 aliphatic heterocycles. The van der Waals surface area contributed by atoms with Crippen LogP contribution in [0.5, 0.6) is 0 Å². The zero-order valence-electron chi connectivity index (χ0n) is 29.1. The number of nitrogens with one attached hydrogen (secondary N) is 2. The fraction of sp³-hybridized carbons (Fsp3) is 0.765. The summed E-state index contributed by atoms with van der Waals surface area (Å²) in [5, 5.41) is 6.03. The van der Waals surface area contributed by atoms with Crippen molar-refractivity contribution in [2.45, 2.75) is 135 Å². The summed E-state index contributed by atoms with van der Waals surface area (Å²) < 4.78 is 34.0. The second-order valence-electron chi connectivity index (χ2n) is 14.6. The third kappa shape index (κ3) is 11.0. The molecule has 0 radical (unpaired) electrons. The largest absolute Gasteiger partial charge is 0.464 e. The molecule has 12 nitrogen and oxygen atoms in total. The zero-order chi connectivity index (χ0) is 34.1. The third-order valence-electron chi connectivity index (χ3n) is 9.44. The first-order valence-electron chi connectivity index (χ1n) is 17.5. The number of nitrogens with zero attached hydrogens (tertiary/aromatic N) is 3. The fourth-order valence-electron chi connectivity index (χ4n) is 6.71. The normalized spacial score (nSPS) is 17.9. The maximum absolute atomic E-state index is 14.6. The molecule has 0 aromatic carbocycles. The minimum Gasteiger partial charge on any atom is -0.464 e. The highest BCUT2D eigenvalue weighted by Crippen LogP contribution is 2.42. The van der Waals surface area contributed by atoms with Crippen molar-refractivity contribution in [1.82, 2.24) is 24.7 Å². The average Bonchev–Trinajstić information content (AvgIpc) is 3.44. The van der Waals surface area contributed by atoms with E-state index in [4.69, 9.17) is 19.9 Å². The molecule has 0 bridgehead atoms. The van der Waals surface area contributed by atoms with Gasteiger partial charge in [0.2, 0.25) is 7.44 Å². The van der Waals surface area contributed by atoms with Gasteiger partial charge in [0.05, 0.1) is 37.9 Å². The van der Waals surface area contributed by atoms with Crippen molar-refractivity contribution in [3.05, 3.63) is 18.6 Å². The van der Waals surface area contributed by atoms with Gasteiger partial charge in [-0.3, -0.25) is 14.2 Å². The Bertz CT molecular complexity index is 1310. The predicted molar refractivity (Wildman–Crippen MR) is 184 cm³/mol. The van der Waals surface area contributed by atoms with Crippen molar-refractivity contribution in [3.8, 4) is 0 Å². The summed E-state index contributed by atoms with van der Waals surface area (Å²) in [6.07, 6.45) is 16.3. The Labute approximate surface area is 280 Å². The van der Waals surface area contributed by atoms with Crippen molar-refractivity contribution < 1.29 is 28.4 Å². The van der Waals surface area contributed by atoms with Crippen LogP contribution in [-0.4, -0.2) is 63.2 Å². The highest BCUT2D eigenvalue weighted by Gasteiger charge is 2.43. The number of nitrogen functional groups attached to an aromatic ring is 1. The first-order valence-corrected chi connectivity index (χ1v) is 19.4. The molecule has 4 rings (SSSR count). The molecular formula is C34H57N6O6P. The number of anilines is 1. The molecule has 2 aromatic rings. The second-order valence-corrected chi connectivity index (χ2v) is 16.8. The van der Waals surface area contributed by atoms with E-state index in [-0.39, 0.29) is 6.35 Å². The first-order chi connectivity index (χ1) is 22.3. The molecule has 13 heteroatoms. The van der Waals surface area contributed by atoms with E-state index in [1.165, 1.54) is 38.5 Å². The third-order valence-corrected chi connectivity index (χ3v) is 11.8. The van der Waals surface area contributed by atoms with Crippen LogP contribution in [0.15, 0.2) is 18.6 Å². The molecule has 0 spiro atoms. The van der Waals surface area contributed by atoms with E-state index in [2.05, 4.69) is 20.1 Å². The van der Waals surface area contributed by atoms with Crippen LogP contribution in [-0.2, 0) is 34.9 Å². The van der Waals surface area contributed by atoms with Gasteiger partial charge in [0.1, 0.15) is 22.9 Å². The minimum atomic E-state index is -3.77. The Kier molecular flexibility index (Phi) is 13.3. The van der Waals surface area contributed by atoms with Crippen molar-refractivity contribution in [3.63, 3.8) is 0 Å². The van der Waals surface area contributed by atoms with E-state index < -0.39 is 36.6 Å². The van der Waals surface area contributed by atoms with Crippen LogP contribution < -0.4 is 15.9 Å². The summed E-state index contributed by atoms with van der Waals surface area (Å²) in [6.45, 7) is 9.39. The summed E-state index contributed by atoms with van der Waals surface area (Å²) in [6, 6.07) is 1.69. The number of esters is 2. The Morgan fingerprint density at radius 3 is 1.94 bits per heavy atom. The number of hydrogen-bond acceptors (Lipinski definition) is 9. The van der Waals surface area contributed by atoms with Gasteiger partial charge in [0, 0.05) is 6.20 Å². The molecule has 0 amide bonds. The summed E-state index contributed by atoms with van der Waals surface area (Å²) >= 11 is 0. The van der Waals surface area contributed by atoms with Crippen LogP contribution in [0.25, 0.3) is 11.2 Å². The van der Waals surface area contributed by atoms with E-state index >= 15 is 0 Å². The number of rotatable bonds is 17. The maximum atomic E-state index is 14.6. The lowest BCUT2D eigenvalue weighted by Crippen LogP contribution is -2.54. The Balaban J connectivity index is 1.40. The number of aromatic nitrogens is 3. The number of ether oxygens (including phenoxy) is 3. The van der Waals surface area contributed by atoms with Gasteiger partial charge in [-0.1, -0.05) is 64.2 Å². The lowest BCUT2D eigenvalue weighted by Gasteiger charge is -2.35. The molecule has 1 atom stereocenters. The van der Waals surface area contributed by atoms with E-state index in [0.717, 1.165) is 38.5 Å². The topological polar surface area (TPSA) is 160 Å². The molecule has 2 aliphatic rings. The zero-order valence-corrected chi connectivity index (χ0v) is 30.0. The van der Waals surface area contributed by atoms with Gasteiger partial charge < -0.3 is 24.5 Å². The fourth-order valence-corrected chi connectivity index (χ4v) is 9.35. The van der Waals surface area contributed by atoms with Gasteiger partial charge in [-0.25, -0.2) is 20.1 Å². The van der Waals surface area contributed by atoms with Crippen LogP contribution in [0, 0.1) is 11.8 Å². The number of pyridine rings is 1. The maximum Gasteiger partial charge on any atom is 0.326 e. The molecule has 264 valence electrons. The number of imidazole rings is 1. The van der Waals surface area contributed by atoms with Gasteiger partial charge >= 0.3 is 11.9 Å². The van der Waals surface area contributed by atoms with E-state index in [0.29, 0.717) is 48.4 Å². The van der Waals surface area contributed by atoms with Gasteiger partial charge in [-0.2, -0.15) is 0 Å². The SMILES string of the molecule is C[C@H](Cn1cnc2c(N)ccnc21)OCP(=O)(NC(C)(C)C(=O)OCCC1CCCCC1)NC(C)(C)C(=O)OCCC1CCCCC1. The number of nitrogens with two attached hydrogens (primary N) is 1. The van der Waals surface area contributed by atoms with Gasteiger partial charge in [-0.05, 0) is 65.4 Å². The van der Waals surface area contributed by atoms with Crippen molar-refractivity contribution >= 4 is 36.2 Å². The summed E-state index contributed by atoms with van der Waals surface area (Å²) in [4.78, 5) is 35.3. The molecule has 2 aliphatic carbocycles. The average molecular weight is 677 g/mol. The Hall–Kier alpha value is -2.53. The highest BCUT2D eigenvalue weighted by atomic mass is 31.2. The molecule has 2 aromatic heterocycles. The number of carbonyl (C=O) groups is 2. The number of hydrogen-bond donors (Lipinski definition) is 3. The predicted octanol–water partition coefficient (Wildman–Crippen LogP) is 6.33. The van der Waals surface area contributed by atoms with Crippen LogP contribution in [0.4, 0.5) is 5.69 Å². The summed E-state index contributed by atoms with van der Waals surface area (Å²) in [7, 11) is -3.77. The molecule has 2 saturated carbocycles. The van der Waals surface area contributed by atoms with E-state index in [1.807, 2.05) is 11.5 Å². The first kappa shape index (κ1) is 37.3. The van der Waals surface area contributed by atoms with Gasteiger partial charge in [0.15, 0.2) is 5.65 Å². The molecule has 2 fully saturated rings. The standard InChI is InChI=1S/C34H57N6O6P/c1-25(22-40-23-37-29-28(35)16-19-36-30(29)40)46-24-47(43,38-33(2,3)31(41)44-20-17-26-12-8-6-9-13-26)39-34(4,5)32(42)45-21-18-27-14-10-7-11-15-27/h16,19,23,25-27H,6-15,17-18,20-22,24H2,1-5H3,(H2,35,36)(H2,38,39,43)/t25-/m1/s1. The van der Waals surface area contributed by atoms with E-state index in [1.54, 1.807) is 46.3 Å². The van der Waals surface area contributed by atoms with Crippen LogP contribution in [0.1, 0.15) is 112 Å². The van der Waals surface area contributed by atoms with Crippen molar-refractivity contribution in [1.29, 1.82) is 0 Å². The molecular weight excluding hydrogens is 619 g/mol. The van der Waals surface area contributed by atoms with Crippen molar-refractivity contribution in [2.24, 2.45) is 11.8 Å². The summed E-state index contributed by atoms with van der Waals surface area (Å²) in [5.41, 5.74) is 5.13. The van der Waals surface area contributed by atoms with Gasteiger partial charge in [-0.15, -0.1) is 0 Å². The highest BCUT2D eigenvalue weighted by molar-refractivity contribution is 7.59. The van der Waals surface area contributed by atoms with Crippen LogP contribution in [0.2, 0.25) is 0 Å². The van der Waals surface area contributed by atoms with Gasteiger partial charge in [0.25, 0.3) is 0 Å². The van der Waals surface area contributed by atoms with Crippen molar-refractivity contribution in [2.75, 3.05) is 25.3 Å². The lowest BCUT2D eigenvalue weighted by atomic mass is 9.87. The molecule has 4 N–H and O–H groups in total. The monoisotopic (exact) mass is 676 g/mol. The number of fused-ring (bicyclic) bond motifs is 1. The number of carbonyl (C=O) groups excluding carboxylic acids is 2. The molecule has 47 heavy (non-hydrogen) atoms.